The predicted molar refractivity (Wildman–Crippen MR) is 105 cm³/mol. The highest BCUT2D eigenvalue weighted by Gasteiger charge is 2.18. The zero-order valence-corrected chi connectivity index (χ0v) is 15.4. The number of aromatic nitrogens is 3. The molecule has 0 unspecified atom stereocenters. The fraction of sp³-hybridized carbons (Fsp3) is 0.211. The second kappa shape index (κ2) is 5.67. The number of benzene rings is 2. The molecule has 2 aromatic heterocycles. The fourth-order valence-corrected chi connectivity index (χ4v) is 4.23. The van der Waals surface area contributed by atoms with E-state index in [-0.39, 0.29) is 5.56 Å². The summed E-state index contributed by atoms with van der Waals surface area (Å²) < 4.78 is 2.73. The Morgan fingerprint density at radius 3 is 2.65 bits per heavy atom. The summed E-state index contributed by atoms with van der Waals surface area (Å²) in [6, 6.07) is 11.8. The van der Waals surface area contributed by atoms with E-state index in [1.807, 2.05) is 34.7 Å². The van der Waals surface area contributed by atoms with Gasteiger partial charge in [-0.2, -0.15) is 0 Å². The van der Waals surface area contributed by atoms with Gasteiger partial charge >= 0.3 is 0 Å². The van der Waals surface area contributed by atoms with Gasteiger partial charge in [-0.05, 0) is 46.3 Å². The van der Waals surface area contributed by atoms with Crippen molar-refractivity contribution in [3.05, 3.63) is 51.2 Å². The first-order chi connectivity index (χ1) is 12.6. The number of piperidine rings is 1. The van der Waals surface area contributed by atoms with E-state index in [0.29, 0.717) is 29.8 Å². The number of imidazole rings is 1. The van der Waals surface area contributed by atoms with Gasteiger partial charge in [-0.15, -0.1) is 0 Å². The van der Waals surface area contributed by atoms with E-state index in [9.17, 15) is 9.59 Å². The minimum Gasteiger partial charge on any atom is -0.371 e. The molecule has 130 valence electrons. The highest BCUT2D eigenvalue weighted by atomic mass is 79.9. The van der Waals surface area contributed by atoms with Gasteiger partial charge in [0.1, 0.15) is 5.78 Å². The summed E-state index contributed by atoms with van der Waals surface area (Å²) in [5.41, 5.74) is 3.47. The topological polar surface area (TPSA) is 70.5 Å². The minimum atomic E-state index is -0.162. The molecule has 0 radical (unpaired) electrons. The monoisotopic (exact) mass is 410 g/mol. The first-order valence-electron chi connectivity index (χ1n) is 8.51. The van der Waals surface area contributed by atoms with Crippen LogP contribution in [0.25, 0.3) is 27.7 Å². The maximum Gasteiger partial charge on any atom is 0.261 e. The van der Waals surface area contributed by atoms with E-state index < -0.39 is 0 Å². The summed E-state index contributed by atoms with van der Waals surface area (Å²) in [5.74, 6) is 0.853. The molecule has 0 bridgehead atoms. The second-order valence-corrected chi connectivity index (χ2v) is 7.41. The highest BCUT2D eigenvalue weighted by molar-refractivity contribution is 9.10. The number of halogens is 1. The molecule has 6 nitrogen and oxygen atoms in total. The van der Waals surface area contributed by atoms with Crippen LogP contribution in [-0.4, -0.2) is 33.2 Å². The Morgan fingerprint density at radius 2 is 1.85 bits per heavy atom. The number of carbonyl (C=O) groups excluding carboxylic acids is 1. The summed E-state index contributed by atoms with van der Waals surface area (Å²) in [6.07, 6.45) is 1.18. The maximum absolute atomic E-state index is 12.5. The van der Waals surface area contributed by atoms with Crippen LogP contribution in [-0.2, 0) is 4.79 Å². The lowest BCUT2D eigenvalue weighted by Crippen LogP contribution is -2.33. The Labute approximate surface area is 156 Å². The molecule has 1 aliphatic rings. The number of carbonyl (C=O) groups is 1. The third-order valence-corrected chi connectivity index (χ3v) is 5.67. The molecule has 5 rings (SSSR count). The lowest BCUT2D eigenvalue weighted by atomic mass is 10.1. The number of hydrogen-bond donors (Lipinski definition) is 1. The van der Waals surface area contributed by atoms with E-state index in [4.69, 9.17) is 0 Å². The number of ketones is 1. The molecule has 1 saturated heterocycles. The molecule has 0 amide bonds. The van der Waals surface area contributed by atoms with Gasteiger partial charge in [-0.25, -0.2) is 4.98 Å². The van der Waals surface area contributed by atoms with E-state index in [1.165, 1.54) is 0 Å². The van der Waals surface area contributed by atoms with E-state index in [2.05, 4.69) is 36.9 Å². The molecule has 0 saturated carbocycles. The summed E-state index contributed by atoms with van der Waals surface area (Å²) >= 11 is 3.47. The van der Waals surface area contributed by atoms with Gasteiger partial charge in [-0.3, -0.25) is 19.0 Å². The van der Waals surface area contributed by atoms with Gasteiger partial charge in [-0.1, -0.05) is 6.07 Å². The number of rotatable bonds is 1. The van der Waals surface area contributed by atoms with Crippen molar-refractivity contribution in [3.8, 4) is 0 Å². The van der Waals surface area contributed by atoms with Crippen LogP contribution in [0.4, 0.5) is 5.69 Å². The van der Waals surface area contributed by atoms with E-state index in [0.717, 1.165) is 39.8 Å². The number of hydrogen-bond acceptors (Lipinski definition) is 4. The van der Waals surface area contributed by atoms with Gasteiger partial charge in [0.15, 0.2) is 0 Å². The Morgan fingerprint density at radius 1 is 1.04 bits per heavy atom. The van der Waals surface area contributed by atoms with Crippen molar-refractivity contribution in [2.75, 3.05) is 18.0 Å². The minimum absolute atomic E-state index is 0.162. The van der Waals surface area contributed by atoms with Crippen LogP contribution >= 0.6 is 15.9 Å². The largest absolute Gasteiger partial charge is 0.371 e. The zero-order chi connectivity index (χ0) is 17.8. The van der Waals surface area contributed by atoms with Crippen LogP contribution < -0.4 is 10.5 Å². The average Bonchev–Trinajstić information content (AvgIpc) is 2.99. The molecule has 0 atom stereocenters. The van der Waals surface area contributed by atoms with Gasteiger partial charge < -0.3 is 4.90 Å². The van der Waals surface area contributed by atoms with Gasteiger partial charge in [0.25, 0.3) is 5.56 Å². The molecular weight excluding hydrogens is 396 g/mol. The van der Waals surface area contributed by atoms with Gasteiger partial charge in [0.2, 0.25) is 5.78 Å². The zero-order valence-electron chi connectivity index (χ0n) is 13.8. The summed E-state index contributed by atoms with van der Waals surface area (Å²) in [6.45, 7) is 1.48. The summed E-state index contributed by atoms with van der Waals surface area (Å²) in [7, 11) is 0. The second-order valence-electron chi connectivity index (χ2n) is 6.56. The lowest BCUT2D eigenvalue weighted by molar-refractivity contribution is -0.119. The molecular formula is C19H15BrN4O2. The number of aromatic amines is 1. The smallest absolute Gasteiger partial charge is 0.261 e. The average molecular weight is 411 g/mol. The van der Waals surface area contributed by atoms with Crippen LogP contribution in [0.5, 0.6) is 0 Å². The first kappa shape index (κ1) is 15.6. The van der Waals surface area contributed by atoms with Crippen LogP contribution in [0, 0.1) is 0 Å². The maximum atomic E-state index is 12.5. The first-order valence-corrected chi connectivity index (χ1v) is 9.30. The van der Waals surface area contributed by atoms with Gasteiger partial charge in [0.05, 0.1) is 21.9 Å². The molecule has 3 heterocycles. The van der Waals surface area contributed by atoms with Crippen molar-refractivity contribution in [2.45, 2.75) is 12.8 Å². The number of nitrogens with one attached hydrogen (secondary N) is 1. The van der Waals surface area contributed by atoms with Crippen molar-refractivity contribution in [1.29, 1.82) is 0 Å². The van der Waals surface area contributed by atoms with E-state index in [1.54, 1.807) is 0 Å². The Hall–Kier alpha value is -2.67. The van der Waals surface area contributed by atoms with Crippen molar-refractivity contribution in [2.24, 2.45) is 0 Å². The summed E-state index contributed by atoms with van der Waals surface area (Å²) in [5, 5.41) is 0.609. The van der Waals surface area contributed by atoms with Crippen LogP contribution in [0.3, 0.4) is 0 Å². The number of nitrogens with zero attached hydrogens (tertiary/aromatic N) is 3. The van der Waals surface area contributed by atoms with Crippen molar-refractivity contribution in [1.82, 2.24) is 14.4 Å². The Bertz CT molecular complexity index is 1250. The number of fused-ring (bicyclic) bond motifs is 5. The predicted octanol–water partition coefficient (Wildman–Crippen LogP) is 3.26. The molecule has 0 aliphatic carbocycles. The SMILES string of the molecule is O=C1CCN(c2ccc3c(c2)nc2[nH]c(=O)c4c(Br)cccc4n23)CC1. The number of anilines is 1. The third-order valence-electron chi connectivity index (χ3n) is 5.01. The van der Waals surface area contributed by atoms with E-state index >= 15 is 0 Å². The molecule has 4 aromatic rings. The quantitative estimate of drug-likeness (QED) is 0.522. The molecule has 0 spiro atoms. The molecule has 2 aromatic carbocycles. The summed E-state index contributed by atoms with van der Waals surface area (Å²) in [4.78, 5) is 33.6. The molecule has 7 heteroatoms. The van der Waals surface area contributed by atoms with Crippen molar-refractivity contribution >= 4 is 55.1 Å². The standard InChI is InChI=1S/C19H15BrN4O2/c20-13-2-1-3-16-17(13)18(26)22-19-21-14-10-11(4-5-15(14)24(16)19)23-8-6-12(25)7-9-23/h1-5,10H,6-9H2,(H,21,22,26). The van der Waals surface area contributed by atoms with Crippen LogP contribution in [0.15, 0.2) is 45.7 Å². The number of H-pyrrole nitrogens is 1. The third kappa shape index (κ3) is 2.27. The van der Waals surface area contributed by atoms with Crippen LogP contribution in [0.1, 0.15) is 12.8 Å². The van der Waals surface area contributed by atoms with Crippen molar-refractivity contribution in [3.63, 3.8) is 0 Å². The fourth-order valence-electron chi connectivity index (χ4n) is 3.70. The highest BCUT2D eigenvalue weighted by Crippen LogP contribution is 2.28. The number of Topliss-reactive ketones (excluding diaryl/α,β-unsaturated/α-hetero) is 1. The van der Waals surface area contributed by atoms with Crippen LogP contribution in [0.2, 0.25) is 0 Å². The molecule has 26 heavy (non-hydrogen) atoms. The Kier molecular flexibility index (Phi) is 3.40. The Balaban J connectivity index is 1.75. The normalized spacial score (nSPS) is 15.4. The lowest BCUT2D eigenvalue weighted by Gasteiger charge is -2.28. The molecule has 1 N–H and O–H groups in total. The van der Waals surface area contributed by atoms with Crippen molar-refractivity contribution < 1.29 is 4.79 Å². The molecule has 1 aliphatic heterocycles. The van der Waals surface area contributed by atoms with Gasteiger partial charge in [0, 0.05) is 36.1 Å². The molecule has 1 fully saturated rings.